The van der Waals surface area contributed by atoms with Crippen LogP contribution in [-0.4, -0.2) is 38.5 Å². The summed E-state index contributed by atoms with van der Waals surface area (Å²) >= 11 is 0. The van der Waals surface area contributed by atoms with Crippen molar-refractivity contribution in [3.8, 4) is 11.5 Å². The number of hydrogen-bond donors (Lipinski definition) is 2. The molecule has 0 radical (unpaired) electrons. The highest BCUT2D eigenvalue weighted by atomic mass is 32.2. The second-order valence-corrected chi connectivity index (χ2v) is 9.52. The highest BCUT2D eigenvalue weighted by Gasteiger charge is 2.11. The Bertz CT molecular complexity index is 1290. The number of rotatable bonds is 8. The van der Waals surface area contributed by atoms with Crippen LogP contribution in [0, 0.1) is 6.92 Å². The molecule has 3 aromatic rings. The molecule has 0 saturated carbocycles. The zero-order valence-electron chi connectivity index (χ0n) is 18.6. The topological polar surface area (TPSA) is 114 Å². The van der Waals surface area contributed by atoms with Gasteiger partial charge in [0.1, 0.15) is 17.2 Å². The number of aryl methyl sites for hydroxylation is 2. The summed E-state index contributed by atoms with van der Waals surface area (Å²) in [5, 5.41) is 5.26. The Hall–Kier alpha value is -3.72. The predicted octanol–water partition coefficient (Wildman–Crippen LogP) is 3.52. The first kappa shape index (κ1) is 23.9. The Morgan fingerprint density at radius 1 is 1.06 bits per heavy atom. The third kappa shape index (κ3) is 6.63. The molecule has 0 saturated heterocycles. The largest absolute Gasteiger partial charge is 0.457 e. The molecule has 2 N–H and O–H groups in total. The molecular formula is C24H25N3O5S. The van der Waals surface area contributed by atoms with Crippen molar-refractivity contribution in [3.05, 3.63) is 77.6 Å². The molecule has 9 heteroatoms. The number of amides is 2. The zero-order chi connectivity index (χ0) is 24.0. The molecule has 0 fully saturated rings. The number of hydrogen-bond acceptors (Lipinski definition) is 6. The molecule has 0 aliphatic rings. The van der Waals surface area contributed by atoms with Gasteiger partial charge in [0, 0.05) is 37.7 Å². The summed E-state index contributed by atoms with van der Waals surface area (Å²) in [6.45, 7) is 1.90. The molecule has 2 aromatic carbocycles. The van der Waals surface area contributed by atoms with Gasteiger partial charge in [-0.3, -0.25) is 14.6 Å². The van der Waals surface area contributed by atoms with Crippen LogP contribution in [0.25, 0.3) is 0 Å². The summed E-state index contributed by atoms with van der Waals surface area (Å²) in [6, 6.07) is 15.0. The standard InChI is InChI=1S/C24H25N3O5S/c1-16-13-17(7-9-22(16)32-19-11-12-26-21(15-19)24(29)25-2)8-10-23(28)27-18-5-4-6-20(14-18)33(3,30)31/h4-7,9,11-15H,8,10H2,1-3H3,(H,25,29)(H,27,28). The average Bonchev–Trinajstić information content (AvgIpc) is 2.78. The van der Waals surface area contributed by atoms with Gasteiger partial charge >= 0.3 is 0 Å². The summed E-state index contributed by atoms with van der Waals surface area (Å²) < 4.78 is 29.2. The van der Waals surface area contributed by atoms with Gasteiger partial charge in [0.25, 0.3) is 5.91 Å². The number of pyridine rings is 1. The maximum atomic E-state index is 12.3. The molecule has 0 aliphatic carbocycles. The van der Waals surface area contributed by atoms with E-state index < -0.39 is 9.84 Å². The maximum Gasteiger partial charge on any atom is 0.269 e. The van der Waals surface area contributed by atoms with Crippen LogP contribution in [0.2, 0.25) is 0 Å². The van der Waals surface area contributed by atoms with E-state index in [0.717, 1.165) is 17.4 Å². The van der Waals surface area contributed by atoms with Crippen molar-refractivity contribution in [1.82, 2.24) is 10.3 Å². The average molecular weight is 468 g/mol. The van der Waals surface area contributed by atoms with Crippen molar-refractivity contribution < 1.29 is 22.7 Å². The molecule has 2 amide bonds. The Balaban J connectivity index is 1.60. The summed E-state index contributed by atoms with van der Waals surface area (Å²) in [5.41, 5.74) is 2.54. The van der Waals surface area contributed by atoms with Crippen LogP contribution < -0.4 is 15.4 Å². The van der Waals surface area contributed by atoms with Gasteiger partial charge in [-0.25, -0.2) is 8.42 Å². The summed E-state index contributed by atoms with van der Waals surface area (Å²) in [4.78, 5) is 28.2. The monoisotopic (exact) mass is 467 g/mol. The molecule has 0 aliphatic heterocycles. The highest BCUT2D eigenvalue weighted by Crippen LogP contribution is 2.26. The van der Waals surface area contributed by atoms with E-state index >= 15 is 0 Å². The van der Waals surface area contributed by atoms with Crippen LogP contribution in [0.4, 0.5) is 5.69 Å². The lowest BCUT2D eigenvalue weighted by molar-refractivity contribution is -0.116. The van der Waals surface area contributed by atoms with Crippen LogP contribution in [0.3, 0.4) is 0 Å². The van der Waals surface area contributed by atoms with Gasteiger partial charge in [0.15, 0.2) is 9.84 Å². The van der Waals surface area contributed by atoms with Crippen molar-refractivity contribution in [2.24, 2.45) is 0 Å². The normalized spacial score (nSPS) is 11.0. The summed E-state index contributed by atoms with van der Waals surface area (Å²) in [5.74, 6) is 0.621. The second-order valence-electron chi connectivity index (χ2n) is 7.51. The van der Waals surface area contributed by atoms with Gasteiger partial charge in [0.2, 0.25) is 5.91 Å². The lowest BCUT2D eigenvalue weighted by atomic mass is 10.1. The van der Waals surface area contributed by atoms with E-state index in [4.69, 9.17) is 4.74 Å². The van der Waals surface area contributed by atoms with Gasteiger partial charge in [-0.1, -0.05) is 18.2 Å². The summed E-state index contributed by atoms with van der Waals surface area (Å²) in [6.07, 6.45) is 3.38. The molecule has 172 valence electrons. The summed E-state index contributed by atoms with van der Waals surface area (Å²) in [7, 11) is -1.81. The van der Waals surface area contributed by atoms with Crippen LogP contribution in [-0.2, 0) is 21.1 Å². The predicted molar refractivity (Wildman–Crippen MR) is 125 cm³/mol. The van der Waals surface area contributed by atoms with Crippen molar-refractivity contribution in [2.75, 3.05) is 18.6 Å². The Kier molecular flexibility index (Phi) is 7.44. The minimum atomic E-state index is -3.34. The molecule has 1 heterocycles. The lowest BCUT2D eigenvalue weighted by Gasteiger charge is -2.11. The molecule has 1 aromatic heterocycles. The molecular weight excluding hydrogens is 442 g/mol. The molecule has 33 heavy (non-hydrogen) atoms. The number of nitrogens with zero attached hydrogens (tertiary/aromatic N) is 1. The zero-order valence-corrected chi connectivity index (χ0v) is 19.4. The number of benzene rings is 2. The maximum absolute atomic E-state index is 12.3. The number of sulfone groups is 1. The van der Waals surface area contributed by atoms with Gasteiger partial charge in [-0.2, -0.15) is 0 Å². The molecule has 0 bridgehead atoms. The number of carbonyl (C=O) groups is 2. The first-order chi connectivity index (χ1) is 15.7. The molecule has 0 atom stereocenters. The van der Waals surface area contributed by atoms with E-state index in [1.807, 2.05) is 25.1 Å². The Morgan fingerprint density at radius 3 is 2.55 bits per heavy atom. The van der Waals surface area contributed by atoms with E-state index in [2.05, 4.69) is 15.6 Å². The van der Waals surface area contributed by atoms with Gasteiger partial charge < -0.3 is 15.4 Å². The molecule has 3 rings (SSSR count). The van der Waals surface area contributed by atoms with Crippen LogP contribution in [0.1, 0.15) is 28.0 Å². The highest BCUT2D eigenvalue weighted by molar-refractivity contribution is 7.90. The fourth-order valence-corrected chi connectivity index (χ4v) is 3.79. The second kappa shape index (κ2) is 10.3. The number of carbonyl (C=O) groups excluding carboxylic acids is 2. The van der Waals surface area contributed by atoms with E-state index in [9.17, 15) is 18.0 Å². The number of nitrogens with one attached hydrogen (secondary N) is 2. The molecule has 0 spiro atoms. The number of aromatic nitrogens is 1. The third-order valence-corrected chi connectivity index (χ3v) is 5.96. The quantitative estimate of drug-likeness (QED) is 0.524. The lowest BCUT2D eigenvalue weighted by Crippen LogP contribution is -2.18. The van der Waals surface area contributed by atoms with Gasteiger partial charge in [0.05, 0.1) is 4.90 Å². The van der Waals surface area contributed by atoms with E-state index in [0.29, 0.717) is 23.6 Å². The van der Waals surface area contributed by atoms with E-state index in [-0.39, 0.29) is 28.8 Å². The first-order valence-corrected chi connectivity index (χ1v) is 12.1. The van der Waals surface area contributed by atoms with Crippen molar-refractivity contribution in [3.63, 3.8) is 0 Å². The molecule has 0 unspecified atom stereocenters. The minimum absolute atomic E-state index is 0.156. The van der Waals surface area contributed by atoms with Crippen molar-refractivity contribution >= 4 is 27.3 Å². The SMILES string of the molecule is CNC(=O)c1cc(Oc2ccc(CCC(=O)Nc3cccc(S(C)(=O)=O)c3)cc2C)ccn1. The van der Waals surface area contributed by atoms with Crippen LogP contribution >= 0.6 is 0 Å². The first-order valence-electron chi connectivity index (χ1n) is 10.2. The third-order valence-electron chi connectivity index (χ3n) is 4.84. The van der Waals surface area contributed by atoms with Crippen LogP contribution in [0.5, 0.6) is 11.5 Å². The van der Waals surface area contributed by atoms with Crippen LogP contribution in [0.15, 0.2) is 65.7 Å². The minimum Gasteiger partial charge on any atom is -0.457 e. The molecule has 8 nitrogen and oxygen atoms in total. The van der Waals surface area contributed by atoms with E-state index in [1.54, 1.807) is 24.3 Å². The van der Waals surface area contributed by atoms with Gasteiger partial charge in [-0.05, 0) is 54.8 Å². The number of ether oxygens (including phenoxy) is 1. The van der Waals surface area contributed by atoms with Crippen molar-refractivity contribution in [1.29, 1.82) is 0 Å². The van der Waals surface area contributed by atoms with E-state index in [1.165, 1.54) is 25.4 Å². The fourth-order valence-electron chi connectivity index (χ4n) is 3.12. The Morgan fingerprint density at radius 2 is 1.85 bits per heavy atom. The number of anilines is 1. The Labute approximate surface area is 192 Å². The smallest absolute Gasteiger partial charge is 0.269 e. The van der Waals surface area contributed by atoms with Gasteiger partial charge in [-0.15, -0.1) is 0 Å². The van der Waals surface area contributed by atoms with Crippen molar-refractivity contribution in [2.45, 2.75) is 24.7 Å². The fraction of sp³-hybridized carbons (Fsp3) is 0.208.